The number of hydrogen-bond donors (Lipinski definition) is 2. The number of hydrogen-bond acceptors (Lipinski definition) is 8. The zero-order valence-electron chi connectivity index (χ0n) is 22.5. The molecule has 0 saturated heterocycles. The molecule has 2 heterocycles. The lowest BCUT2D eigenvalue weighted by Gasteiger charge is -2.17. The van der Waals surface area contributed by atoms with Crippen LogP contribution in [0.25, 0.3) is 22.4 Å². The van der Waals surface area contributed by atoms with Crippen molar-refractivity contribution >= 4 is 38.1 Å². The first-order valence-corrected chi connectivity index (χ1v) is 14.9. The van der Waals surface area contributed by atoms with Crippen molar-refractivity contribution in [1.29, 1.82) is 0 Å². The van der Waals surface area contributed by atoms with Crippen LogP contribution in [0.2, 0.25) is 0 Å². The van der Waals surface area contributed by atoms with E-state index in [4.69, 9.17) is 4.74 Å². The summed E-state index contributed by atoms with van der Waals surface area (Å²) in [5.41, 5.74) is 4.70. The molecule has 11 heteroatoms. The molecule has 2 amide bonds. The monoisotopic (exact) mass is 578 g/mol. The summed E-state index contributed by atoms with van der Waals surface area (Å²) < 4.78 is 30.2. The normalized spacial score (nSPS) is 12.2. The molecule has 2 N–H and O–H groups in total. The van der Waals surface area contributed by atoms with Gasteiger partial charge in [0.15, 0.2) is 15.0 Å². The van der Waals surface area contributed by atoms with Gasteiger partial charge in [-0.05, 0) is 68.3 Å². The number of pyridine rings is 1. The van der Waals surface area contributed by atoms with Crippen molar-refractivity contribution < 1.29 is 22.7 Å². The van der Waals surface area contributed by atoms with Crippen LogP contribution in [0.1, 0.15) is 29.9 Å². The highest BCUT2D eigenvalue weighted by atomic mass is 32.2. The Morgan fingerprint density at radius 3 is 2.45 bits per heavy atom. The van der Waals surface area contributed by atoms with Crippen LogP contribution in [0.15, 0.2) is 77.1 Å². The van der Waals surface area contributed by atoms with Crippen LogP contribution in [-0.2, 0) is 19.4 Å². The van der Waals surface area contributed by atoms with Crippen LogP contribution in [0.4, 0.5) is 5.13 Å². The molecule has 0 saturated carbocycles. The lowest BCUT2D eigenvalue weighted by atomic mass is 10.0. The molecule has 0 radical (unpaired) electrons. The van der Waals surface area contributed by atoms with E-state index < -0.39 is 32.9 Å². The number of aryl methyl sites for hydroxylation is 1. The smallest absolute Gasteiger partial charge is 0.252 e. The number of nitrogens with one attached hydrogen (secondary N) is 2. The molecule has 1 atom stereocenters. The van der Waals surface area contributed by atoms with Gasteiger partial charge in [-0.2, -0.15) is 0 Å². The number of benzene rings is 2. The van der Waals surface area contributed by atoms with Gasteiger partial charge in [0.1, 0.15) is 6.04 Å². The van der Waals surface area contributed by atoms with Gasteiger partial charge in [-0.15, -0.1) is 11.3 Å². The fourth-order valence-electron chi connectivity index (χ4n) is 3.92. The maximum absolute atomic E-state index is 13.1. The van der Waals surface area contributed by atoms with E-state index in [0.29, 0.717) is 10.8 Å². The number of ether oxygens (including phenoxy) is 1. The van der Waals surface area contributed by atoms with Crippen molar-refractivity contribution in [2.75, 3.05) is 19.0 Å². The highest BCUT2D eigenvalue weighted by Gasteiger charge is 2.25. The van der Waals surface area contributed by atoms with Gasteiger partial charge in [0.05, 0.1) is 22.4 Å². The van der Waals surface area contributed by atoms with Crippen molar-refractivity contribution in [2.45, 2.75) is 37.0 Å². The third-order valence-corrected chi connectivity index (χ3v) is 9.03. The van der Waals surface area contributed by atoms with Crippen LogP contribution in [0.3, 0.4) is 0 Å². The van der Waals surface area contributed by atoms with E-state index in [0.717, 1.165) is 22.4 Å². The number of rotatable bonds is 10. The zero-order chi connectivity index (χ0) is 28.9. The molecule has 1 unspecified atom stereocenters. The molecule has 0 aliphatic heterocycles. The predicted octanol–water partition coefficient (Wildman–Crippen LogP) is 4.75. The number of sulfone groups is 1. The van der Waals surface area contributed by atoms with Crippen molar-refractivity contribution in [3.05, 3.63) is 83.5 Å². The first kappa shape index (κ1) is 29.1. The Kier molecular flexibility index (Phi) is 9.08. The third-order valence-electron chi connectivity index (χ3n) is 6.12. The molecule has 2 aromatic heterocycles. The Labute approximate surface area is 237 Å². The lowest BCUT2D eigenvalue weighted by Crippen LogP contribution is -2.46. The molecular formula is C29H30N4O5S2. The predicted molar refractivity (Wildman–Crippen MR) is 156 cm³/mol. The van der Waals surface area contributed by atoms with Crippen LogP contribution in [-0.4, -0.2) is 55.2 Å². The molecule has 208 valence electrons. The summed E-state index contributed by atoms with van der Waals surface area (Å²) in [6, 6.07) is 16.6. The Balaban J connectivity index is 1.47. The molecule has 0 spiro atoms. The van der Waals surface area contributed by atoms with Gasteiger partial charge in [-0.3, -0.25) is 14.6 Å². The van der Waals surface area contributed by atoms with E-state index in [1.54, 1.807) is 20.0 Å². The molecule has 2 aromatic carbocycles. The van der Waals surface area contributed by atoms with Crippen LogP contribution in [0.5, 0.6) is 0 Å². The van der Waals surface area contributed by atoms with E-state index in [9.17, 15) is 18.0 Å². The van der Waals surface area contributed by atoms with Crippen LogP contribution < -0.4 is 10.6 Å². The minimum absolute atomic E-state index is 0.0429. The summed E-state index contributed by atoms with van der Waals surface area (Å²) in [4.78, 5) is 34.9. The topological polar surface area (TPSA) is 127 Å². The molecule has 40 heavy (non-hydrogen) atoms. The Hall–Kier alpha value is -3.93. The third kappa shape index (κ3) is 6.79. The Bertz CT molecular complexity index is 1630. The summed E-state index contributed by atoms with van der Waals surface area (Å²) in [5.74, 6) is -1.11. The summed E-state index contributed by atoms with van der Waals surface area (Å²) in [6.07, 6.45) is 1.77. The quantitative estimate of drug-likeness (QED) is 0.278. The molecule has 0 bridgehead atoms. The second-order valence-corrected chi connectivity index (χ2v) is 12.8. The SMILES string of the molecule is COCC(NC(=O)c1cccc(S(=O)(=O)C(C)C)c1)C(=O)Nc1nc(-c2cccc(-c3ccnc(C)c3)c2)cs1. The standard InChI is InChI=1S/C29H30N4O5S2/c1-18(2)40(36,37)24-10-6-9-23(15-24)27(34)31-25(16-38-4)28(35)33-29-32-26(17-39-29)22-8-5-7-20(14-22)21-11-12-30-19(3)13-21/h5-15,17-18,25H,16H2,1-4H3,(H,31,34)(H,32,33,35). The second-order valence-electron chi connectivity index (χ2n) is 9.40. The summed E-state index contributed by atoms with van der Waals surface area (Å²) in [5, 5.41) is 6.95. The average Bonchev–Trinajstić information content (AvgIpc) is 3.41. The Morgan fingerprint density at radius 1 is 1.00 bits per heavy atom. The minimum Gasteiger partial charge on any atom is -0.382 e. The van der Waals surface area contributed by atoms with Gasteiger partial charge in [0, 0.05) is 35.5 Å². The van der Waals surface area contributed by atoms with Crippen LogP contribution >= 0.6 is 11.3 Å². The summed E-state index contributed by atoms with van der Waals surface area (Å²) in [7, 11) is -2.15. The molecule has 9 nitrogen and oxygen atoms in total. The lowest BCUT2D eigenvalue weighted by molar-refractivity contribution is -0.119. The number of carbonyl (C=O) groups is 2. The number of methoxy groups -OCH3 is 1. The van der Waals surface area contributed by atoms with E-state index >= 15 is 0 Å². The molecule has 4 rings (SSSR count). The van der Waals surface area contributed by atoms with Crippen LogP contribution in [0, 0.1) is 6.92 Å². The number of thiazole rings is 1. The van der Waals surface area contributed by atoms with E-state index in [1.165, 1.54) is 42.7 Å². The fourth-order valence-corrected chi connectivity index (χ4v) is 5.74. The molecule has 0 fully saturated rings. The number of carbonyl (C=O) groups excluding carboxylic acids is 2. The maximum Gasteiger partial charge on any atom is 0.252 e. The van der Waals surface area contributed by atoms with E-state index in [-0.39, 0.29) is 17.1 Å². The molecule has 0 aliphatic rings. The highest BCUT2D eigenvalue weighted by Crippen LogP contribution is 2.29. The van der Waals surface area contributed by atoms with Gasteiger partial charge in [-0.25, -0.2) is 13.4 Å². The van der Waals surface area contributed by atoms with E-state index in [1.807, 2.05) is 48.7 Å². The fraction of sp³-hybridized carbons (Fsp3) is 0.241. The van der Waals surface area contributed by atoms with Crippen molar-refractivity contribution in [2.24, 2.45) is 0 Å². The number of aromatic nitrogens is 2. The van der Waals surface area contributed by atoms with Gasteiger partial charge >= 0.3 is 0 Å². The summed E-state index contributed by atoms with van der Waals surface area (Å²) >= 11 is 1.26. The molecule has 0 aliphatic carbocycles. The number of nitrogens with zero attached hydrogens (tertiary/aromatic N) is 2. The van der Waals surface area contributed by atoms with Crippen molar-refractivity contribution in [3.63, 3.8) is 0 Å². The number of amides is 2. The summed E-state index contributed by atoms with van der Waals surface area (Å²) in [6.45, 7) is 5.00. The largest absolute Gasteiger partial charge is 0.382 e. The van der Waals surface area contributed by atoms with Gasteiger partial charge in [-0.1, -0.05) is 24.3 Å². The van der Waals surface area contributed by atoms with Crippen molar-refractivity contribution in [3.8, 4) is 22.4 Å². The van der Waals surface area contributed by atoms with Gasteiger partial charge in [0.25, 0.3) is 11.8 Å². The number of anilines is 1. The highest BCUT2D eigenvalue weighted by molar-refractivity contribution is 7.92. The van der Waals surface area contributed by atoms with E-state index in [2.05, 4.69) is 20.6 Å². The Morgan fingerprint density at radius 2 is 1.73 bits per heavy atom. The van der Waals surface area contributed by atoms with Gasteiger partial charge < -0.3 is 15.4 Å². The first-order valence-electron chi connectivity index (χ1n) is 12.5. The first-order chi connectivity index (χ1) is 19.1. The average molecular weight is 579 g/mol. The van der Waals surface area contributed by atoms with Crippen molar-refractivity contribution in [1.82, 2.24) is 15.3 Å². The maximum atomic E-state index is 13.1. The second kappa shape index (κ2) is 12.5. The van der Waals surface area contributed by atoms with Gasteiger partial charge in [0.2, 0.25) is 0 Å². The molecular weight excluding hydrogens is 548 g/mol. The minimum atomic E-state index is -3.56. The zero-order valence-corrected chi connectivity index (χ0v) is 24.2. The molecule has 4 aromatic rings.